The minimum Gasteiger partial charge on any atom is -0.507 e. The van der Waals surface area contributed by atoms with Crippen molar-refractivity contribution in [3.8, 4) is 5.75 Å². The Morgan fingerprint density at radius 1 is 1.44 bits per heavy atom. The molecule has 1 aromatic rings. The largest absolute Gasteiger partial charge is 0.507 e. The Bertz CT molecular complexity index is 369. The Kier molecular flexibility index (Phi) is 5.28. The first kappa shape index (κ1) is 13.0. The van der Waals surface area contributed by atoms with Crippen LogP contribution in [0.4, 0.5) is 0 Å². The summed E-state index contributed by atoms with van der Waals surface area (Å²) in [6.45, 7) is 1.19. The van der Waals surface area contributed by atoms with Crippen LogP contribution in [0.2, 0.25) is 0 Å². The van der Waals surface area contributed by atoms with E-state index in [0.717, 1.165) is 17.3 Å². The van der Waals surface area contributed by atoms with Gasteiger partial charge >= 0.3 is 0 Å². The number of carbonyl (C=O) groups excluding carboxylic acids is 1. The number of nitrogens with one attached hydrogen (secondary N) is 1. The predicted molar refractivity (Wildman–Crippen MR) is 66.4 cm³/mol. The van der Waals surface area contributed by atoms with E-state index >= 15 is 0 Å². The fourth-order valence-electron chi connectivity index (χ4n) is 1.26. The highest BCUT2D eigenvalue weighted by Gasteiger charge is 2.10. The van der Waals surface area contributed by atoms with Crippen LogP contribution in [0.25, 0.3) is 0 Å². The molecule has 0 saturated heterocycles. The van der Waals surface area contributed by atoms with Gasteiger partial charge in [0, 0.05) is 11.0 Å². The van der Waals surface area contributed by atoms with Crippen molar-refractivity contribution in [2.45, 2.75) is 12.8 Å². The Hall–Kier alpha value is -1.07. The molecule has 0 aromatic heterocycles. The number of unbranched alkanes of at least 4 members (excludes halogenated alkanes) is 1. The molecule has 5 heteroatoms. The molecule has 4 nitrogen and oxygen atoms in total. The number of phenolic OH excluding ortho intramolecular Hbond substituents is 1. The van der Waals surface area contributed by atoms with Crippen molar-refractivity contribution in [2.24, 2.45) is 5.73 Å². The Labute approximate surface area is 103 Å². The standard InChI is InChI=1S/C11H15BrN2O2/c12-8-3-4-10(15)9(7-8)11(16)14-6-2-1-5-13/h3-4,7,15H,1-2,5-6,13H2,(H,14,16). The van der Waals surface area contributed by atoms with Gasteiger partial charge in [-0.25, -0.2) is 0 Å². The smallest absolute Gasteiger partial charge is 0.255 e. The molecule has 0 bridgehead atoms. The van der Waals surface area contributed by atoms with Gasteiger partial charge in [-0.2, -0.15) is 0 Å². The van der Waals surface area contributed by atoms with Gasteiger partial charge in [-0.15, -0.1) is 0 Å². The topological polar surface area (TPSA) is 75.3 Å². The first-order valence-electron chi connectivity index (χ1n) is 5.12. The van der Waals surface area contributed by atoms with E-state index in [4.69, 9.17) is 5.73 Å². The predicted octanol–water partition coefficient (Wildman–Crippen LogP) is 1.62. The highest BCUT2D eigenvalue weighted by atomic mass is 79.9. The number of benzene rings is 1. The van der Waals surface area contributed by atoms with Gasteiger partial charge < -0.3 is 16.2 Å². The van der Waals surface area contributed by atoms with E-state index in [9.17, 15) is 9.90 Å². The molecule has 0 unspecified atom stereocenters. The SMILES string of the molecule is NCCCCNC(=O)c1cc(Br)ccc1O. The third-order valence-electron chi connectivity index (χ3n) is 2.12. The number of hydrogen-bond donors (Lipinski definition) is 3. The molecule has 1 aromatic carbocycles. The molecule has 0 radical (unpaired) electrons. The van der Waals surface area contributed by atoms with E-state index < -0.39 is 0 Å². The fourth-order valence-corrected chi connectivity index (χ4v) is 1.62. The molecule has 0 saturated carbocycles. The number of halogens is 1. The summed E-state index contributed by atoms with van der Waals surface area (Å²) >= 11 is 3.25. The number of nitrogens with two attached hydrogens (primary N) is 1. The van der Waals surface area contributed by atoms with Crippen LogP contribution in [0, 0.1) is 0 Å². The lowest BCUT2D eigenvalue weighted by atomic mass is 10.2. The lowest BCUT2D eigenvalue weighted by molar-refractivity contribution is 0.0950. The number of phenols is 1. The number of amides is 1. The zero-order chi connectivity index (χ0) is 12.0. The minimum atomic E-state index is -0.268. The molecule has 1 rings (SSSR count). The second-order valence-electron chi connectivity index (χ2n) is 3.41. The van der Waals surface area contributed by atoms with Gasteiger partial charge in [0.2, 0.25) is 0 Å². The second kappa shape index (κ2) is 6.50. The maximum atomic E-state index is 11.7. The summed E-state index contributed by atoms with van der Waals surface area (Å²) in [7, 11) is 0. The van der Waals surface area contributed by atoms with E-state index in [2.05, 4.69) is 21.2 Å². The lowest BCUT2D eigenvalue weighted by Gasteiger charge is -2.06. The molecule has 0 atom stereocenters. The van der Waals surface area contributed by atoms with E-state index in [-0.39, 0.29) is 17.2 Å². The maximum absolute atomic E-state index is 11.7. The van der Waals surface area contributed by atoms with Gasteiger partial charge in [-0.05, 0) is 37.6 Å². The number of hydrogen-bond acceptors (Lipinski definition) is 3. The summed E-state index contributed by atoms with van der Waals surface area (Å²) in [5.41, 5.74) is 5.62. The number of rotatable bonds is 5. The normalized spacial score (nSPS) is 10.1. The quantitative estimate of drug-likeness (QED) is 0.720. The van der Waals surface area contributed by atoms with Crippen molar-refractivity contribution < 1.29 is 9.90 Å². The summed E-state index contributed by atoms with van der Waals surface area (Å²) in [5.74, 6) is -0.282. The van der Waals surface area contributed by atoms with Gasteiger partial charge in [0.15, 0.2) is 0 Å². The van der Waals surface area contributed by atoms with Crippen molar-refractivity contribution in [2.75, 3.05) is 13.1 Å². The Balaban J connectivity index is 2.55. The van der Waals surface area contributed by atoms with Gasteiger partial charge in [0.25, 0.3) is 5.91 Å². The second-order valence-corrected chi connectivity index (χ2v) is 4.33. The highest BCUT2D eigenvalue weighted by Crippen LogP contribution is 2.21. The molecular formula is C11H15BrN2O2. The molecule has 0 fully saturated rings. The first-order chi connectivity index (χ1) is 7.65. The van der Waals surface area contributed by atoms with Crippen LogP contribution in [-0.2, 0) is 0 Å². The maximum Gasteiger partial charge on any atom is 0.255 e. The van der Waals surface area contributed by atoms with Crippen LogP contribution in [0.3, 0.4) is 0 Å². The monoisotopic (exact) mass is 286 g/mol. The van der Waals surface area contributed by atoms with Crippen LogP contribution in [0.5, 0.6) is 5.75 Å². The van der Waals surface area contributed by atoms with Crippen LogP contribution in [-0.4, -0.2) is 24.1 Å². The molecule has 4 N–H and O–H groups in total. The van der Waals surface area contributed by atoms with Crippen LogP contribution >= 0.6 is 15.9 Å². The van der Waals surface area contributed by atoms with Crippen molar-refractivity contribution in [3.05, 3.63) is 28.2 Å². The third kappa shape index (κ3) is 3.83. The van der Waals surface area contributed by atoms with Crippen LogP contribution in [0.15, 0.2) is 22.7 Å². The highest BCUT2D eigenvalue weighted by molar-refractivity contribution is 9.10. The molecule has 0 aliphatic heterocycles. The first-order valence-corrected chi connectivity index (χ1v) is 5.91. The fraction of sp³-hybridized carbons (Fsp3) is 0.364. The van der Waals surface area contributed by atoms with Gasteiger partial charge in [-0.3, -0.25) is 4.79 Å². The summed E-state index contributed by atoms with van der Waals surface area (Å²) in [6.07, 6.45) is 1.72. The third-order valence-corrected chi connectivity index (χ3v) is 2.61. The van der Waals surface area contributed by atoms with Crippen LogP contribution < -0.4 is 11.1 Å². The van der Waals surface area contributed by atoms with Gasteiger partial charge in [0.05, 0.1) is 5.56 Å². The summed E-state index contributed by atoms with van der Waals surface area (Å²) in [4.78, 5) is 11.7. The molecular weight excluding hydrogens is 272 g/mol. The van der Waals surface area contributed by atoms with Crippen molar-refractivity contribution in [3.63, 3.8) is 0 Å². The average Bonchev–Trinajstić information content (AvgIpc) is 2.27. The molecule has 0 spiro atoms. The Morgan fingerprint density at radius 2 is 2.19 bits per heavy atom. The molecule has 0 heterocycles. The van der Waals surface area contributed by atoms with Crippen molar-refractivity contribution in [1.82, 2.24) is 5.32 Å². The molecule has 16 heavy (non-hydrogen) atoms. The summed E-state index contributed by atoms with van der Waals surface area (Å²) < 4.78 is 0.761. The zero-order valence-corrected chi connectivity index (χ0v) is 10.5. The van der Waals surface area contributed by atoms with E-state index in [1.807, 2.05) is 0 Å². The average molecular weight is 287 g/mol. The lowest BCUT2D eigenvalue weighted by Crippen LogP contribution is -2.24. The number of aromatic hydroxyl groups is 1. The minimum absolute atomic E-state index is 0.0143. The molecule has 0 aliphatic carbocycles. The van der Waals surface area contributed by atoms with E-state index in [0.29, 0.717) is 13.1 Å². The molecule has 0 aliphatic rings. The summed E-state index contributed by atoms with van der Waals surface area (Å²) in [6, 6.07) is 4.76. The van der Waals surface area contributed by atoms with Gasteiger partial charge in [-0.1, -0.05) is 15.9 Å². The summed E-state index contributed by atoms with van der Waals surface area (Å²) in [5, 5.41) is 12.2. The van der Waals surface area contributed by atoms with Gasteiger partial charge in [0.1, 0.15) is 5.75 Å². The van der Waals surface area contributed by atoms with Crippen LogP contribution in [0.1, 0.15) is 23.2 Å². The van der Waals surface area contributed by atoms with Crippen molar-refractivity contribution >= 4 is 21.8 Å². The van der Waals surface area contributed by atoms with Crippen molar-refractivity contribution in [1.29, 1.82) is 0 Å². The zero-order valence-electron chi connectivity index (χ0n) is 8.87. The molecule has 88 valence electrons. The number of carbonyl (C=O) groups is 1. The van der Waals surface area contributed by atoms with E-state index in [1.54, 1.807) is 12.1 Å². The van der Waals surface area contributed by atoms with E-state index in [1.165, 1.54) is 6.07 Å². The Morgan fingerprint density at radius 3 is 2.88 bits per heavy atom. The molecule has 1 amide bonds.